The highest BCUT2D eigenvalue weighted by atomic mass is 16.2. The number of likely N-dealkylation sites (tertiary alicyclic amines) is 1. The molecule has 1 aliphatic heterocycles. The van der Waals surface area contributed by atoms with Gasteiger partial charge in [0.05, 0.1) is 0 Å². The monoisotopic (exact) mass is 265 g/mol. The molecule has 0 radical (unpaired) electrons. The quantitative estimate of drug-likeness (QED) is 0.800. The zero-order valence-electron chi connectivity index (χ0n) is 11.1. The van der Waals surface area contributed by atoms with Crippen LogP contribution in [0, 0.1) is 0 Å². The Bertz CT molecular complexity index is 682. The van der Waals surface area contributed by atoms with E-state index >= 15 is 0 Å². The van der Waals surface area contributed by atoms with Gasteiger partial charge in [0.2, 0.25) is 11.8 Å². The average Bonchev–Trinajstić information content (AvgIpc) is 2.79. The summed E-state index contributed by atoms with van der Waals surface area (Å²) < 4.78 is 0. The highest BCUT2D eigenvalue weighted by Crippen LogP contribution is 2.20. The van der Waals surface area contributed by atoms with E-state index in [1.54, 1.807) is 0 Å². The smallest absolute Gasteiger partial charge is 0.229 e. The Morgan fingerprint density at radius 3 is 2.45 bits per heavy atom. The number of imide groups is 1. The SMILES string of the molecule is O=C1CCC(=O)N1C/C=C/c1cccc2ccccc12. The minimum absolute atomic E-state index is 0.0717. The largest absolute Gasteiger partial charge is 0.279 e. The molecular weight excluding hydrogens is 250 g/mol. The van der Waals surface area contributed by atoms with E-state index in [2.05, 4.69) is 18.2 Å². The molecule has 0 spiro atoms. The number of amides is 2. The minimum Gasteiger partial charge on any atom is -0.279 e. The van der Waals surface area contributed by atoms with E-state index in [1.165, 1.54) is 15.7 Å². The Kier molecular flexibility index (Phi) is 3.33. The van der Waals surface area contributed by atoms with Gasteiger partial charge in [-0.3, -0.25) is 14.5 Å². The third-order valence-electron chi connectivity index (χ3n) is 3.56. The van der Waals surface area contributed by atoms with Crippen LogP contribution in [0.1, 0.15) is 18.4 Å². The molecule has 0 unspecified atom stereocenters. The van der Waals surface area contributed by atoms with Crippen LogP contribution in [0.2, 0.25) is 0 Å². The summed E-state index contributed by atoms with van der Waals surface area (Å²) in [6.07, 6.45) is 4.55. The molecule has 1 saturated heterocycles. The van der Waals surface area contributed by atoms with Gasteiger partial charge < -0.3 is 0 Å². The van der Waals surface area contributed by atoms with Crippen LogP contribution in [-0.2, 0) is 9.59 Å². The molecule has 1 heterocycles. The lowest BCUT2D eigenvalue weighted by molar-refractivity contribution is -0.137. The number of fused-ring (bicyclic) bond motifs is 1. The first kappa shape index (κ1) is 12.6. The van der Waals surface area contributed by atoms with Crippen molar-refractivity contribution in [1.82, 2.24) is 4.90 Å². The van der Waals surface area contributed by atoms with Crippen LogP contribution in [0.5, 0.6) is 0 Å². The zero-order valence-corrected chi connectivity index (χ0v) is 11.1. The second kappa shape index (κ2) is 5.29. The fourth-order valence-electron chi connectivity index (χ4n) is 2.51. The molecule has 0 aliphatic carbocycles. The Hall–Kier alpha value is -2.42. The maximum absolute atomic E-state index is 11.5. The van der Waals surface area contributed by atoms with E-state index in [0.29, 0.717) is 19.4 Å². The molecule has 1 fully saturated rings. The topological polar surface area (TPSA) is 37.4 Å². The summed E-state index contributed by atoms with van der Waals surface area (Å²) in [5.41, 5.74) is 1.10. The molecular formula is C17H15NO2. The van der Waals surface area contributed by atoms with Crippen molar-refractivity contribution in [3.05, 3.63) is 54.1 Å². The number of hydrogen-bond donors (Lipinski definition) is 0. The van der Waals surface area contributed by atoms with Gasteiger partial charge in [-0.25, -0.2) is 0 Å². The summed E-state index contributed by atoms with van der Waals surface area (Å²) in [5.74, 6) is -0.143. The number of rotatable bonds is 3. The van der Waals surface area contributed by atoms with Crippen LogP contribution in [0.15, 0.2) is 48.5 Å². The van der Waals surface area contributed by atoms with E-state index in [9.17, 15) is 9.59 Å². The zero-order chi connectivity index (χ0) is 13.9. The fraction of sp³-hybridized carbons (Fsp3) is 0.176. The lowest BCUT2D eigenvalue weighted by Gasteiger charge is -2.10. The van der Waals surface area contributed by atoms with E-state index in [0.717, 1.165) is 5.56 Å². The number of nitrogens with zero attached hydrogens (tertiary/aromatic N) is 1. The lowest BCUT2D eigenvalue weighted by atomic mass is 10.0. The molecule has 2 aromatic carbocycles. The van der Waals surface area contributed by atoms with Crippen LogP contribution in [0.4, 0.5) is 0 Å². The summed E-state index contributed by atoms with van der Waals surface area (Å²) >= 11 is 0. The summed E-state index contributed by atoms with van der Waals surface area (Å²) in [6, 6.07) is 14.3. The lowest BCUT2D eigenvalue weighted by Crippen LogP contribution is -2.28. The molecule has 100 valence electrons. The van der Waals surface area contributed by atoms with E-state index < -0.39 is 0 Å². The molecule has 3 heteroatoms. The van der Waals surface area contributed by atoms with Crippen molar-refractivity contribution in [2.75, 3.05) is 6.54 Å². The van der Waals surface area contributed by atoms with Crippen LogP contribution in [0.3, 0.4) is 0 Å². The molecule has 2 amide bonds. The van der Waals surface area contributed by atoms with Crippen molar-refractivity contribution < 1.29 is 9.59 Å². The van der Waals surface area contributed by atoms with Crippen molar-refractivity contribution in [3.63, 3.8) is 0 Å². The Morgan fingerprint density at radius 2 is 1.65 bits per heavy atom. The summed E-state index contributed by atoms with van der Waals surface area (Å²) in [5, 5.41) is 2.35. The number of benzene rings is 2. The molecule has 0 aromatic heterocycles. The number of hydrogen-bond acceptors (Lipinski definition) is 2. The van der Waals surface area contributed by atoms with E-state index in [4.69, 9.17) is 0 Å². The number of carbonyl (C=O) groups excluding carboxylic acids is 2. The second-order valence-electron chi connectivity index (χ2n) is 4.87. The first-order chi connectivity index (χ1) is 9.75. The van der Waals surface area contributed by atoms with Gasteiger partial charge in [0.1, 0.15) is 0 Å². The molecule has 0 saturated carbocycles. The van der Waals surface area contributed by atoms with Crippen LogP contribution >= 0.6 is 0 Å². The molecule has 3 rings (SSSR count). The van der Waals surface area contributed by atoms with Crippen LogP contribution < -0.4 is 0 Å². The Morgan fingerprint density at radius 1 is 0.950 bits per heavy atom. The van der Waals surface area contributed by atoms with Crippen LogP contribution in [0.25, 0.3) is 16.8 Å². The predicted octanol–water partition coefficient (Wildman–Crippen LogP) is 3.00. The molecule has 1 aliphatic rings. The van der Waals surface area contributed by atoms with Crippen molar-refractivity contribution in [1.29, 1.82) is 0 Å². The van der Waals surface area contributed by atoms with Gasteiger partial charge in [-0.2, -0.15) is 0 Å². The van der Waals surface area contributed by atoms with Gasteiger partial charge in [0, 0.05) is 19.4 Å². The average molecular weight is 265 g/mol. The molecule has 0 atom stereocenters. The van der Waals surface area contributed by atoms with E-state index in [-0.39, 0.29) is 11.8 Å². The first-order valence-electron chi connectivity index (χ1n) is 6.73. The van der Waals surface area contributed by atoms with Gasteiger partial charge in [0.25, 0.3) is 0 Å². The Balaban J connectivity index is 1.81. The Labute approximate surface area is 117 Å². The summed E-state index contributed by atoms with van der Waals surface area (Å²) in [4.78, 5) is 24.3. The third kappa shape index (κ3) is 2.35. The van der Waals surface area contributed by atoms with Gasteiger partial charge in [-0.15, -0.1) is 0 Å². The molecule has 20 heavy (non-hydrogen) atoms. The molecule has 0 bridgehead atoms. The van der Waals surface area contributed by atoms with Crippen LogP contribution in [-0.4, -0.2) is 23.3 Å². The summed E-state index contributed by atoms with van der Waals surface area (Å²) in [6.45, 7) is 0.362. The first-order valence-corrected chi connectivity index (χ1v) is 6.73. The van der Waals surface area contributed by atoms with Gasteiger partial charge in [0.15, 0.2) is 0 Å². The van der Waals surface area contributed by atoms with Gasteiger partial charge in [-0.1, -0.05) is 54.6 Å². The molecule has 2 aromatic rings. The highest BCUT2D eigenvalue weighted by molar-refractivity contribution is 6.02. The van der Waals surface area contributed by atoms with Gasteiger partial charge >= 0.3 is 0 Å². The second-order valence-corrected chi connectivity index (χ2v) is 4.87. The van der Waals surface area contributed by atoms with Crippen molar-refractivity contribution in [3.8, 4) is 0 Å². The highest BCUT2D eigenvalue weighted by Gasteiger charge is 2.27. The maximum atomic E-state index is 11.5. The fourth-order valence-corrected chi connectivity index (χ4v) is 2.51. The molecule has 0 N–H and O–H groups in total. The van der Waals surface area contributed by atoms with Crippen molar-refractivity contribution >= 4 is 28.7 Å². The molecule has 3 nitrogen and oxygen atoms in total. The van der Waals surface area contributed by atoms with Gasteiger partial charge in [-0.05, 0) is 16.3 Å². The maximum Gasteiger partial charge on any atom is 0.229 e. The predicted molar refractivity (Wildman–Crippen MR) is 78.9 cm³/mol. The number of carbonyl (C=O) groups is 2. The summed E-state index contributed by atoms with van der Waals surface area (Å²) in [7, 11) is 0. The minimum atomic E-state index is -0.0717. The third-order valence-corrected chi connectivity index (χ3v) is 3.56. The normalized spacial score (nSPS) is 15.7. The van der Waals surface area contributed by atoms with Crippen molar-refractivity contribution in [2.24, 2.45) is 0 Å². The van der Waals surface area contributed by atoms with Crippen molar-refractivity contribution in [2.45, 2.75) is 12.8 Å². The van der Waals surface area contributed by atoms with E-state index in [1.807, 2.05) is 36.4 Å². The standard InChI is InChI=1S/C17H15NO2/c19-16-10-11-17(20)18(16)12-4-8-14-7-3-6-13-5-1-2-9-15(13)14/h1-9H,10-12H2/b8-4+.